The highest BCUT2D eigenvalue weighted by atomic mass is 15.3. The van der Waals surface area contributed by atoms with Crippen molar-refractivity contribution in [2.45, 2.75) is 65.6 Å². The Morgan fingerprint density at radius 1 is 1.38 bits per heavy atom. The van der Waals surface area contributed by atoms with Gasteiger partial charge >= 0.3 is 0 Å². The highest BCUT2D eigenvalue weighted by molar-refractivity contribution is 5.04. The van der Waals surface area contributed by atoms with Crippen LogP contribution in [0.15, 0.2) is 12.4 Å². The molecule has 0 spiro atoms. The van der Waals surface area contributed by atoms with Gasteiger partial charge in [0.05, 0.1) is 6.20 Å². The highest BCUT2D eigenvalue weighted by Gasteiger charge is 2.18. The summed E-state index contributed by atoms with van der Waals surface area (Å²) in [5.41, 5.74) is 1.52. The lowest BCUT2D eigenvalue weighted by Crippen LogP contribution is -2.40. The minimum atomic E-state index is 0.250. The molecule has 0 saturated heterocycles. The van der Waals surface area contributed by atoms with Crippen molar-refractivity contribution >= 4 is 0 Å². The van der Waals surface area contributed by atoms with Crippen LogP contribution in [-0.2, 0) is 6.54 Å². The van der Waals surface area contributed by atoms with Crippen LogP contribution in [0.1, 0.15) is 59.1 Å². The Balaban J connectivity index is 2.54. The van der Waals surface area contributed by atoms with E-state index in [0.29, 0.717) is 6.04 Å². The van der Waals surface area contributed by atoms with Gasteiger partial charge in [-0.05, 0) is 33.6 Å². The zero-order chi connectivity index (χ0) is 12.2. The van der Waals surface area contributed by atoms with E-state index >= 15 is 0 Å². The predicted octanol–water partition coefficient (Wildman–Crippen LogP) is 3.13. The molecule has 1 aromatic heterocycles. The van der Waals surface area contributed by atoms with E-state index < -0.39 is 0 Å². The second-order valence-electron chi connectivity index (χ2n) is 5.04. The molecule has 1 N–H and O–H groups in total. The van der Waals surface area contributed by atoms with Crippen molar-refractivity contribution in [3.05, 3.63) is 18.0 Å². The topological polar surface area (TPSA) is 29.9 Å². The third kappa shape index (κ3) is 3.34. The highest BCUT2D eigenvalue weighted by Crippen LogP contribution is 2.15. The Hall–Kier alpha value is -0.830. The van der Waals surface area contributed by atoms with Gasteiger partial charge in [0.15, 0.2) is 0 Å². The van der Waals surface area contributed by atoms with Crippen LogP contribution in [0.2, 0.25) is 0 Å². The standard InChI is InChI=1S/C13H25N3/c1-6-13(5,7-2)14-8-12-9-15-16(10-12)11(3)4/h9-11,14H,6-8H2,1-5H3. The first-order valence-electron chi connectivity index (χ1n) is 6.29. The minimum Gasteiger partial charge on any atom is -0.307 e. The van der Waals surface area contributed by atoms with E-state index in [0.717, 1.165) is 19.4 Å². The minimum absolute atomic E-state index is 0.250. The average molecular weight is 223 g/mol. The second kappa shape index (κ2) is 5.48. The summed E-state index contributed by atoms with van der Waals surface area (Å²) in [6, 6.07) is 0.442. The monoisotopic (exact) mass is 223 g/mol. The molecule has 0 radical (unpaired) electrons. The Morgan fingerprint density at radius 2 is 2.00 bits per heavy atom. The SMILES string of the molecule is CCC(C)(CC)NCc1cnn(C(C)C)c1. The van der Waals surface area contributed by atoms with Gasteiger partial charge in [-0.2, -0.15) is 5.10 Å². The predicted molar refractivity (Wildman–Crippen MR) is 68.4 cm³/mol. The Kier molecular flexibility index (Phi) is 4.54. The van der Waals surface area contributed by atoms with Gasteiger partial charge in [0.1, 0.15) is 0 Å². The molecule has 0 aliphatic carbocycles. The summed E-state index contributed by atoms with van der Waals surface area (Å²) in [5, 5.41) is 7.96. The molecule has 0 saturated carbocycles. The van der Waals surface area contributed by atoms with E-state index in [2.05, 4.69) is 51.2 Å². The van der Waals surface area contributed by atoms with Gasteiger partial charge in [-0.1, -0.05) is 13.8 Å². The summed E-state index contributed by atoms with van der Waals surface area (Å²) in [7, 11) is 0. The number of nitrogens with zero attached hydrogens (tertiary/aromatic N) is 2. The first-order valence-corrected chi connectivity index (χ1v) is 6.29. The van der Waals surface area contributed by atoms with Crippen LogP contribution in [0.25, 0.3) is 0 Å². The van der Waals surface area contributed by atoms with Crippen molar-refractivity contribution in [2.24, 2.45) is 0 Å². The van der Waals surface area contributed by atoms with Gasteiger partial charge in [0.25, 0.3) is 0 Å². The molecule has 0 fully saturated rings. The van der Waals surface area contributed by atoms with Crippen LogP contribution in [0, 0.1) is 0 Å². The summed E-state index contributed by atoms with van der Waals surface area (Å²) in [6.07, 6.45) is 6.39. The van der Waals surface area contributed by atoms with Gasteiger partial charge in [-0.25, -0.2) is 0 Å². The third-order valence-corrected chi connectivity index (χ3v) is 3.46. The van der Waals surface area contributed by atoms with E-state index in [1.807, 2.05) is 10.9 Å². The number of rotatable bonds is 6. The van der Waals surface area contributed by atoms with Crippen LogP contribution in [0.4, 0.5) is 0 Å². The summed E-state index contributed by atoms with van der Waals surface area (Å²) >= 11 is 0. The van der Waals surface area contributed by atoms with Gasteiger partial charge in [-0.3, -0.25) is 4.68 Å². The Bertz CT molecular complexity index is 311. The molecule has 1 heterocycles. The van der Waals surface area contributed by atoms with Gasteiger partial charge in [-0.15, -0.1) is 0 Å². The fraction of sp³-hybridized carbons (Fsp3) is 0.769. The lowest BCUT2D eigenvalue weighted by Gasteiger charge is -2.28. The zero-order valence-corrected chi connectivity index (χ0v) is 11.2. The maximum absolute atomic E-state index is 4.34. The van der Waals surface area contributed by atoms with Crippen molar-refractivity contribution in [3.63, 3.8) is 0 Å². The molecule has 0 amide bonds. The number of hydrogen-bond donors (Lipinski definition) is 1. The average Bonchev–Trinajstić information content (AvgIpc) is 2.75. The lowest BCUT2D eigenvalue weighted by atomic mass is 9.95. The first-order chi connectivity index (χ1) is 7.50. The van der Waals surface area contributed by atoms with Crippen LogP contribution in [0.3, 0.4) is 0 Å². The van der Waals surface area contributed by atoms with E-state index in [4.69, 9.17) is 0 Å². The molecule has 16 heavy (non-hydrogen) atoms. The van der Waals surface area contributed by atoms with Crippen LogP contribution in [0.5, 0.6) is 0 Å². The molecule has 0 aromatic carbocycles. The van der Waals surface area contributed by atoms with Crippen LogP contribution in [-0.4, -0.2) is 15.3 Å². The fourth-order valence-corrected chi connectivity index (χ4v) is 1.57. The normalized spacial score (nSPS) is 12.4. The summed E-state index contributed by atoms with van der Waals surface area (Å²) in [4.78, 5) is 0. The molecule has 1 aromatic rings. The van der Waals surface area contributed by atoms with Gasteiger partial charge < -0.3 is 5.32 Å². The summed E-state index contributed by atoms with van der Waals surface area (Å²) in [5.74, 6) is 0. The van der Waals surface area contributed by atoms with Crippen molar-refractivity contribution in [1.29, 1.82) is 0 Å². The Labute approximate surface area is 99.2 Å². The van der Waals surface area contributed by atoms with E-state index in [-0.39, 0.29) is 5.54 Å². The molecular formula is C13H25N3. The Morgan fingerprint density at radius 3 is 2.44 bits per heavy atom. The first kappa shape index (κ1) is 13.2. The largest absolute Gasteiger partial charge is 0.307 e. The van der Waals surface area contributed by atoms with E-state index in [1.54, 1.807) is 0 Å². The molecule has 3 nitrogen and oxygen atoms in total. The quantitative estimate of drug-likeness (QED) is 0.803. The van der Waals surface area contributed by atoms with Crippen molar-refractivity contribution < 1.29 is 0 Å². The number of hydrogen-bond acceptors (Lipinski definition) is 2. The van der Waals surface area contributed by atoms with Crippen LogP contribution < -0.4 is 5.32 Å². The van der Waals surface area contributed by atoms with Gasteiger partial charge in [0, 0.05) is 29.9 Å². The van der Waals surface area contributed by atoms with Crippen LogP contribution >= 0.6 is 0 Å². The van der Waals surface area contributed by atoms with E-state index in [1.165, 1.54) is 5.56 Å². The molecule has 0 aliphatic rings. The molecule has 92 valence electrons. The second-order valence-corrected chi connectivity index (χ2v) is 5.04. The molecule has 0 unspecified atom stereocenters. The maximum atomic E-state index is 4.34. The van der Waals surface area contributed by atoms with Gasteiger partial charge in [0.2, 0.25) is 0 Å². The third-order valence-electron chi connectivity index (χ3n) is 3.46. The molecule has 0 atom stereocenters. The molecule has 0 bridgehead atoms. The summed E-state index contributed by atoms with van der Waals surface area (Å²) < 4.78 is 2.01. The molecular weight excluding hydrogens is 198 g/mol. The smallest absolute Gasteiger partial charge is 0.0534 e. The summed E-state index contributed by atoms with van der Waals surface area (Å²) in [6.45, 7) is 11.9. The molecule has 3 heteroatoms. The van der Waals surface area contributed by atoms with E-state index in [9.17, 15) is 0 Å². The number of nitrogens with one attached hydrogen (secondary N) is 1. The zero-order valence-electron chi connectivity index (χ0n) is 11.2. The molecule has 1 rings (SSSR count). The van der Waals surface area contributed by atoms with Crippen molar-refractivity contribution in [3.8, 4) is 0 Å². The lowest BCUT2D eigenvalue weighted by molar-refractivity contribution is 0.329. The van der Waals surface area contributed by atoms with Crippen molar-refractivity contribution in [1.82, 2.24) is 15.1 Å². The molecule has 0 aliphatic heterocycles. The number of aromatic nitrogens is 2. The maximum Gasteiger partial charge on any atom is 0.0534 e. The fourth-order valence-electron chi connectivity index (χ4n) is 1.57. The van der Waals surface area contributed by atoms with Crippen molar-refractivity contribution in [2.75, 3.05) is 0 Å².